The standard InChI is InChI=1S/C10H14Br2N2O2/c11-7-3-6(4-8(12)10(7)13)9(16)5-14-1-2-15/h3-4,9,14-16H,1-2,5,13H2. The molecule has 0 saturated carbocycles. The fraction of sp³-hybridized carbons (Fsp3) is 0.400. The Kier molecular flexibility index (Phi) is 5.71. The Morgan fingerprint density at radius 2 is 1.88 bits per heavy atom. The molecule has 0 saturated heterocycles. The van der Waals surface area contributed by atoms with Gasteiger partial charge in [-0.25, -0.2) is 0 Å². The number of halogens is 2. The van der Waals surface area contributed by atoms with E-state index in [2.05, 4.69) is 37.2 Å². The Hall–Kier alpha value is -0.140. The van der Waals surface area contributed by atoms with E-state index in [0.717, 1.165) is 14.5 Å². The highest BCUT2D eigenvalue weighted by Gasteiger charge is 2.11. The zero-order valence-electron chi connectivity index (χ0n) is 8.58. The van der Waals surface area contributed by atoms with Crippen LogP contribution in [0.5, 0.6) is 0 Å². The van der Waals surface area contributed by atoms with E-state index in [-0.39, 0.29) is 6.61 Å². The summed E-state index contributed by atoms with van der Waals surface area (Å²) in [5.41, 5.74) is 7.12. The summed E-state index contributed by atoms with van der Waals surface area (Å²) in [7, 11) is 0. The molecule has 1 aromatic rings. The highest BCUT2D eigenvalue weighted by Crippen LogP contribution is 2.31. The van der Waals surface area contributed by atoms with Gasteiger partial charge < -0.3 is 21.3 Å². The van der Waals surface area contributed by atoms with Gasteiger partial charge in [-0.2, -0.15) is 0 Å². The predicted octanol–water partition coefficient (Wildman–Crippen LogP) is 1.41. The third-order valence-electron chi connectivity index (χ3n) is 2.11. The van der Waals surface area contributed by atoms with Crippen LogP contribution < -0.4 is 11.1 Å². The van der Waals surface area contributed by atoms with Crippen molar-refractivity contribution in [1.29, 1.82) is 0 Å². The van der Waals surface area contributed by atoms with Gasteiger partial charge in [-0.3, -0.25) is 0 Å². The second-order valence-electron chi connectivity index (χ2n) is 3.34. The van der Waals surface area contributed by atoms with Crippen molar-refractivity contribution in [2.45, 2.75) is 6.10 Å². The first kappa shape index (κ1) is 13.9. The van der Waals surface area contributed by atoms with Gasteiger partial charge in [0.15, 0.2) is 0 Å². The third-order valence-corrected chi connectivity index (χ3v) is 3.42. The molecule has 0 spiro atoms. The minimum atomic E-state index is -0.625. The van der Waals surface area contributed by atoms with Gasteiger partial charge in [-0.15, -0.1) is 0 Å². The molecule has 4 nitrogen and oxygen atoms in total. The van der Waals surface area contributed by atoms with E-state index >= 15 is 0 Å². The van der Waals surface area contributed by atoms with Crippen LogP contribution in [0.4, 0.5) is 5.69 Å². The molecule has 6 heteroatoms. The van der Waals surface area contributed by atoms with E-state index < -0.39 is 6.10 Å². The molecule has 0 radical (unpaired) electrons. The molecule has 16 heavy (non-hydrogen) atoms. The van der Waals surface area contributed by atoms with Gasteiger partial charge in [0.05, 0.1) is 18.4 Å². The molecule has 5 N–H and O–H groups in total. The van der Waals surface area contributed by atoms with E-state index in [1.807, 2.05) is 0 Å². The number of aliphatic hydroxyl groups excluding tert-OH is 2. The molecule has 0 aromatic heterocycles. The second-order valence-corrected chi connectivity index (χ2v) is 5.05. The summed E-state index contributed by atoms with van der Waals surface area (Å²) >= 11 is 6.64. The highest BCUT2D eigenvalue weighted by atomic mass is 79.9. The molecule has 0 fully saturated rings. The molecule has 90 valence electrons. The number of aliphatic hydroxyl groups is 2. The lowest BCUT2D eigenvalue weighted by Crippen LogP contribution is -2.24. The van der Waals surface area contributed by atoms with Crippen molar-refractivity contribution in [1.82, 2.24) is 5.32 Å². The number of hydrogen-bond acceptors (Lipinski definition) is 4. The van der Waals surface area contributed by atoms with Crippen LogP contribution in [0.3, 0.4) is 0 Å². The molecule has 0 heterocycles. The lowest BCUT2D eigenvalue weighted by molar-refractivity contribution is 0.171. The number of anilines is 1. The van der Waals surface area contributed by atoms with Gasteiger partial charge in [-0.1, -0.05) is 0 Å². The number of nitrogen functional groups attached to an aromatic ring is 1. The summed E-state index contributed by atoms with van der Waals surface area (Å²) in [5, 5.41) is 21.4. The number of benzene rings is 1. The normalized spacial score (nSPS) is 12.8. The molecular formula is C10H14Br2N2O2. The first-order chi connectivity index (χ1) is 7.56. The van der Waals surface area contributed by atoms with Crippen LogP contribution in [0.25, 0.3) is 0 Å². The average molecular weight is 354 g/mol. The maximum atomic E-state index is 9.86. The van der Waals surface area contributed by atoms with E-state index in [4.69, 9.17) is 10.8 Å². The van der Waals surface area contributed by atoms with E-state index in [1.165, 1.54) is 0 Å². The monoisotopic (exact) mass is 352 g/mol. The molecule has 1 aromatic carbocycles. The first-order valence-corrected chi connectivity index (χ1v) is 6.39. The molecule has 0 aliphatic rings. The Balaban J connectivity index is 2.72. The first-order valence-electron chi connectivity index (χ1n) is 4.80. The number of nitrogens with two attached hydrogens (primary N) is 1. The quantitative estimate of drug-likeness (QED) is 0.476. The third kappa shape index (κ3) is 3.71. The fourth-order valence-corrected chi connectivity index (χ4v) is 2.45. The summed E-state index contributed by atoms with van der Waals surface area (Å²) in [6, 6.07) is 3.57. The van der Waals surface area contributed by atoms with Gasteiger partial charge in [0.2, 0.25) is 0 Å². The van der Waals surface area contributed by atoms with Gasteiger partial charge in [0.25, 0.3) is 0 Å². The van der Waals surface area contributed by atoms with Crippen molar-refractivity contribution < 1.29 is 10.2 Å². The van der Waals surface area contributed by atoms with Crippen LogP contribution in [-0.4, -0.2) is 29.9 Å². The van der Waals surface area contributed by atoms with Crippen molar-refractivity contribution in [2.24, 2.45) is 0 Å². The lowest BCUT2D eigenvalue weighted by atomic mass is 10.1. The van der Waals surface area contributed by atoms with Gasteiger partial charge in [-0.05, 0) is 49.6 Å². The van der Waals surface area contributed by atoms with Crippen LogP contribution in [-0.2, 0) is 0 Å². The summed E-state index contributed by atoms with van der Waals surface area (Å²) < 4.78 is 1.50. The summed E-state index contributed by atoms with van der Waals surface area (Å²) in [6.07, 6.45) is -0.625. The van der Waals surface area contributed by atoms with Crippen molar-refractivity contribution in [3.63, 3.8) is 0 Å². The molecule has 0 bridgehead atoms. The van der Waals surface area contributed by atoms with Gasteiger partial charge in [0, 0.05) is 22.0 Å². The van der Waals surface area contributed by atoms with Crippen LogP contribution >= 0.6 is 31.9 Å². The lowest BCUT2D eigenvalue weighted by Gasteiger charge is -2.13. The Labute approximate surface area is 111 Å². The smallest absolute Gasteiger partial charge is 0.0915 e. The van der Waals surface area contributed by atoms with Crippen LogP contribution in [0.2, 0.25) is 0 Å². The van der Waals surface area contributed by atoms with Gasteiger partial charge >= 0.3 is 0 Å². The molecule has 1 rings (SSSR count). The second kappa shape index (κ2) is 6.56. The Morgan fingerprint density at radius 3 is 2.38 bits per heavy atom. The summed E-state index contributed by atoms with van der Waals surface area (Å²) in [5.74, 6) is 0. The van der Waals surface area contributed by atoms with E-state index in [9.17, 15) is 5.11 Å². The van der Waals surface area contributed by atoms with Crippen molar-refractivity contribution >= 4 is 37.5 Å². The van der Waals surface area contributed by atoms with Gasteiger partial charge in [0.1, 0.15) is 0 Å². The van der Waals surface area contributed by atoms with Crippen LogP contribution in [0.1, 0.15) is 11.7 Å². The zero-order valence-corrected chi connectivity index (χ0v) is 11.8. The molecule has 0 amide bonds. The molecule has 0 aliphatic heterocycles. The van der Waals surface area contributed by atoms with Crippen LogP contribution in [0.15, 0.2) is 21.1 Å². The van der Waals surface area contributed by atoms with E-state index in [1.54, 1.807) is 12.1 Å². The van der Waals surface area contributed by atoms with Crippen molar-refractivity contribution in [3.05, 3.63) is 26.6 Å². The maximum absolute atomic E-state index is 9.86. The highest BCUT2D eigenvalue weighted by molar-refractivity contribution is 9.11. The van der Waals surface area contributed by atoms with Crippen molar-refractivity contribution in [2.75, 3.05) is 25.4 Å². The molecular weight excluding hydrogens is 340 g/mol. The number of nitrogens with one attached hydrogen (secondary N) is 1. The maximum Gasteiger partial charge on any atom is 0.0915 e. The minimum absolute atomic E-state index is 0.0574. The van der Waals surface area contributed by atoms with Crippen LogP contribution in [0, 0.1) is 0 Å². The minimum Gasteiger partial charge on any atom is -0.397 e. The average Bonchev–Trinajstić information content (AvgIpc) is 2.25. The molecule has 1 atom stereocenters. The van der Waals surface area contributed by atoms with Crippen molar-refractivity contribution in [3.8, 4) is 0 Å². The molecule has 1 unspecified atom stereocenters. The SMILES string of the molecule is Nc1c(Br)cc(C(O)CNCCO)cc1Br. The topological polar surface area (TPSA) is 78.5 Å². The molecule has 0 aliphatic carbocycles. The predicted molar refractivity (Wildman–Crippen MR) is 71.2 cm³/mol. The fourth-order valence-electron chi connectivity index (χ4n) is 1.23. The largest absolute Gasteiger partial charge is 0.397 e. The Bertz CT molecular complexity index is 338. The van der Waals surface area contributed by atoms with E-state index in [0.29, 0.717) is 18.8 Å². The Morgan fingerprint density at radius 1 is 1.31 bits per heavy atom. The zero-order chi connectivity index (χ0) is 12.1. The summed E-state index contributed by atoms with van der Waals surface area (Å²) in [6.45, 7) is 0.916. The summed E-state index contributed by atoms with van der Waals surface area (Å²) in [4.78, 5) is 0. The number of hydrogen-bond donors (Lipinski definition) is 4. The number of rotatable bonds is 5.